The van der Waals surface area contributed by atoms with Gasteiger partial charge in [-0.15, -0.1) is 0 Å². The lowest BCUT2D eigenvalue weighted by Gasteiger charge is -2.24. The van der Waals surface area contributed by atoms with Crippen LogP contribution in [0.4, 0.5) is 5.69 Å². The van der Waals surface area contributed by atoms with E-state index >= 15 is 0 Å². The molecule has 0 saturated carbocycles. The summed E-state index contributed by atoms with van der Waals surface area (Å²) in [7, 11) is 4.40. The van der Waals surface area contributed by atoms with Gasteiger partial charge in [0.25, 0.3) is 0 Å². The van der Waals surface area contributed by atoms with Gasteiger partial charge in [-0.3, -0.25) is 0 Å². The zero-order chi connectivity index (χ0) is 15.4. The smallest absolute Gasteiger partial charge is 0.0375 e. The fourth-order valence-electron chi connectivity index (χ4n) is 3.03. The van der Waals surface area contributed by atoms with E-state index in [0.717, 1.165) is 25.3 Å². The molecular formula is C17H28BrN3. The van der Waals surface area contributed by atoms with E-state index in [1.807, 2.05) is 0 Å². The van der Waals surface area contributed by atoms with Crippen molar-refractivity contribution in [3.05, 3.63) is 28.2 Å². The standard InChI is InChI=1S/C17H28BrN3/c1-4-15(19)9-14-5-6-16(10-17(14)18)21(3)12-13-7-8-20(2)11-13/h5-6,10,13,15H,4,7-9,11-12,19H2,1-3H3. The predicted molar refractivity (Wildman–Crippen MR) is 95.0 cm³/mol. The Kier molecular flexibility index (Phi) is 6.08. The van der Waals surface area contributed by atoms with Crippen LogP contribution in [0, 0.1) is 5.92 Å². The fourth-order valence-corrected chi connectivity index (χ4v) is 3.56. The molecule has 0 amide bonds. The van der Waals surface area contributed by atoms with E-state index in [2.05, 4.69) is 64.9 Å². The van der Waals surface area contributed by atoms with Gasteiger partial charge in [0, 0.05) is 36.3 Å². The van der Waals surface area contributed by atoms with E-state index in [0.29, 0.717) is 0 Å². The van der Waals surface area contributed by atoms with Gasteiger partial charge >= 0.3 is 0 Å². The van der Waals surface area contributed by atoms with Crippen LogP contribution >= 0.6 is 15.9 Å². The van der Waals surface area contributed by atoms with Crippen molar-refractivity contribution < 1.29 is 0 Å². The molecule has 0 bridgehead atoms. The van der Waals surface area contributed by atoms with Crippen molar-refractivity contribution in [3.63, 3.8) is 0 Å². The molecule has 2 N–H and O–H groups in total. The van der Waals surface area contributed by atoms with E-state index < -0.39 is 0 Å². The van der Waals surface area contributed by atoms with Crippen molar-refractivity contribution in [2.75, 3.05) is 38.6 Å². The van der Waals surface area contributed by atoms with Crippen LogP contribution in [0.1, 0.15) is 25.3 Å². The van der Waals surface area contributed by atoms with Crippen LogP contribution in [-0.4, -0.2) is 44.7 Å². The highest BCUT2D eigenvalue weighted by molar-refractivity contribution is 9.10. The van der Waals surface area contributed by atoms with Gasteiger partial charge in [0.15, 0.2) is 0 Å². The van der Waals surface area contributed by atoms with Crippen molar-refractivity contribution in [3.8, 4) is 0 Å². The molecule has 2 rings (SSSR count). The lowest BCUT2D eigenvalue weighted by molar-refractivity contribution is 0.396. The van der Waals surface area contributed by atoms with Crippen LogP contribution in [0.25, 0.3) is 0 Å². The molecule has 2 atom stereocenters. The second kappa shape index (κ2) is 7.61. The Morgan fingerprint density at radius 1 is 1.48 bits per heavy atom. The molecule has 3 nitrogen and oxygen atoms in total. The molecule has 4 heteroatoms. The van der Waals surface area contributed by atoms with Crippen molar-refractivity contribution in [1.82, 2.24) is 4.90 Å². The second-order valence-electron chi connectivity index (χ2n) is 6.45. The highest BCUT2D eigenvalue weighted by atomic mass is 79.9. The molecule has 1 aromatic carbocycles. The van der Waals surface area contributed by atoms with Crippen molar-refractivity contribution in [1.29, 1.82) is 0 Å². The number of hydrogen-bond acceptors (Lipinski definition) is 3. The van der Waals surface area contributed by atoms with Crippen LogP contribution in [0.2, 0.25) is 0 Å². The average Bonchev–Trinajstić information content (AvgIpc) is 2.86. The monoisotopic (exact) mass is 353 g/mol. The molecule has 0 aromatic heterocycles. The van der Waals surface area contributed by atoms with E-state index in [1.54, 1.807) is 0 Å². The van der Waals surface area contributed by atoms with E-state index in [1.165, 1.54) is 35.2 Å². The molecule has 1 heterocycles. The summed E-state index contributed by atoms with van der Waals surface area (Å²) in [5.74, 6) is 0.784. The maximum Gasteiger partial charge on any atom is 0.0375 e. The van der Waals surface area contributed by atoms with Gasteiger partial charge in [-0.1, -0.05) is 28.9 Å². The van der Waals surface area contributed by atoms with E-state index in [-0.39, 0.29) is 6.04 Å². The van der Waals surface area contributed by atoms with Crippen LogP contribution < -0.4 is 10.6 Å². The molecule has 1 aliphatic rings. The summed E-state index contributed by atoms with van der Waals surface area (Å²) in [6.45, 7) is 5.72. The predicted octanol–water partition coefficient (Wildman–Crippen LogP) is 3.12. The molecule has 21 heavy (non-hydrogen) atoms. The Labute approximate surface area is 137 Å². The third-order valence-corrected chi connectivity index (χ3v) is 5.24. The number of hydrogen-bond donors (Lipinski definition) is 1. The van der Waals surface area contributed by atoms with Gasteiger partial charge < -0.3 is 15.5 Å². The summed E-state index contributed by atoms with van der Waals surface area (Å²) in [6, 6.07) is 6.92. The third-order valence-electron chi connectivity index (χ3n) is 4.50. The van der Waals surface area contributed by atoms with Gasteiger partial charge in [-0.05, 0) is 56.5 Å². The zero-order valence-electron chi connectivity index (χ0n) is 13.5. The Bertz CT molecular complexity index is 463. The first-order chi connectivity index (χ1) is 9.99. The SMILES string of the molecule is CCC(N)Cc1ccc(N(C)CC2CCN(C)C2)cc1Br. The molecule has 118 valence electrons. The van der Waals surface area contributed by atoms with Crippen LogP contribution in [0.3, 0.4) is 0 Å². The van der Waals surface area contributed by atoms with Crippen molar-refractivity contribution in [2.24, 2.45) is 11.7 Å². The zero-order valence-corrected chi connectivity index (χ0v) is 15.1. The minimum absolute atomic E-state index is 0.249. The topological polar surface area (TPSA) is 32.5 Å². The minimum atomic E-state index is 0.249. The highest BCUT2D eigenvalue weighted by Crippen LogP contribution is 2.26. The lowest BCUT2D eigenvalue weighted by atomic mass is 10.0. The Morgan fingerprint density at radius 3 is 2.81 bits per heavy atom. The summed E-state index contributed by atoms with van der Waals surface area (Å²) in [4.78, 5) is 4.79. The largest absolute Gasteiger partial charge is 0.374 e. The minimum Gasteiger partial charge on any atom is -0.374 e. The number of anilines is 1. The maximum absolute atomic E-state index is 6.06. The Balaban J connectivity index is 1.98. The highest BCUT2D eigenvalue weighted by Gasteiger charge is 2.21. The Hall–Kier alpha value is -0.580. The van der Waals surface area contributed by atoms with Gasteiger partial charge in [-0.25, -0.2) is 0 Å². The average molecular weight is 354 g/mol. The first-order valence-corrected chi connectivity index (χ1v) is 8.72. The van der Waals surface area contributed by atoms with Gasteiger partial charge in [0.1, 0.15) is 0 Å². The van der Waals surface area contributed by atoms with Gasteiger partial charge in [-0.2, -0.15) is 0 Å². The quantitative estimate of drug-likeness (QED) is 0.852. The molecule has 0 radical (unpaired) electrons. The number of benzene rings is 1. The molecule has 1 aliphatic heterocycles. The van der Waals surface area contributed by atoms with Crippen molar-refractivity contribution >= 4 is 21.6 Å². The fraction of sp³-hybridized carbons (Fsp3) is 0.647. The van der Waals surface area contributed by atoms with Crippen LogP contribution in [-0.2, 0) is 6.42 Å². The molecule has 2 unspecified atom stereocenters. The first-order valence-electron chi connectivity index (χ1n) is 7.93. The summed E-state index contributed by atoms with van der Waals surface area (Å²) >= 11 is 3.70. The number of nitrogens with zero attached hydrogens (tertiary/aromatic N) is 2. The summed E-state index contributed by atoms with van der Waals surface area (Å²) in [6.07, 6.45) is 3.27. The summed E-state index contributed by atoms with van der Waals surface area (Å²) in [5, 5.41) is 0. The lowest BCUT2D eigenvalue weighted by Crippen LogP contribution is -2.27. The van der Waals surface area contributed by atoms with E-state index in [4.69, 9.17) is 5.73 Å². The third kappa shape index (κ3) is 4.70. The number of nitrogens with two attached hydrogens (primary N) is 1. The van der Waals surface area contributed by atoms with Crippen LogP contribution in [0.15, 0.2) is 22.7 Å². The Morgan fingerprint density at radius 2 is 2.24 bits per heavy atom. The number of rotatable bonds is 6. The molecule has 1 saturated heterocycles. The number of likely N-dealkylation sites (tertiary alicyclic amines) is 1. The molecule has 1 fully saturated rings. The summed E-state index contributed by atoms with van der Waals surface area (Å²) < 4.78 is 1.18. The molecular weight excluding hydrogens is 326 g/mol. The number of halogens is 1. The maximum atomic E-state index is 6.06. The first kappa shape index (κ1) is 16.8. The summed E-state index contributed by atoms with van der Waals surface area (Å²) in [5.41, 5.74) is 8.65. The normalized spacial score (nSPS) is 20.7. The van der Waals surface area contributed by atoms with Gasteiger partial charge in [0.2, 0.25) is 0 Å². The van der Waals surface area contributed by atoms with Crippen molar-refractivity contribution in [2.45, 2.75) is 32.2 Å². The second-order valence-corrected chi connectivity index (χ2v) is 7.30. The molecule has 1 aromatic rings. The van der Waals surface area contributed by atoms with Crippen LogP contribution in [0.5, 0.6) is 0 Å². The molecule has 0 aliphatic carbocycles. The molecule has 0 spiro atoms. The van der Waals surface area contributed by atoms with Gasteiger partial charge in [0.05, 0.1) is 0 Å². The van der Waals surface area contributed by atoms with E-state index in [9.17, 15) is 0 Å².